The van der Waals surface area contributed by atoms with Crippen molar-refractivity contribution in [1.29, 1.82) is 0 Å². The molecule has 0 aliphatic rings. The lowest BCUT2D eigenvalue weighted by Crippen LogP contribution is -2.17. The highest BCUT2D eigenvalue weighted by Gasteiger charge is 2.13. The van der Waals surface area contributed by atoms with E-state index < -0.39 is 11.7 Å². The number of hydrogen-bond donors (Lipinski definition) is 0. The van der Waals surface area contributed by atoms with Crippen LogP contribution in [0.25, 0.3) is 10.2 Å². The van der Waals surface area contributed by atoms with Crippen LogP contribution in [0.3, 0.4) is 0 Å². The summed E-state index contributed by atoms with van der Waals surface area (Å²) < 4.78 is 27.0. The molecule has 5 nitrogen and oxygen atoms in total. The average Bonchev–Trinajstić information content (AvgIpc) is 2.97. The zero-order chi connectivity index (χ0) is 18.7. The molecule has 0 aliphatic heterocycles. The summed E-state index contributed by atoms with van der Waals surface area (Å²) in [5, 5.41) is 0. The van der Waals surface area contributed by atoms with E-state index in [1.165, 1.54) is 29.5 Å². The standard InChI is InChI=1S/C19H19FN2O3S/c1-4-8-22-14-10-15(24-2)16(25-3)11-17(14)26-19(22)21-18(23)12-6-5-7-13(20)9-12/h5-7,9-11H,4,8H2,1-3H3. The Morgan fingerprint density at radius 2 is 1.92 bits per heavy atom. The van der Waals surface area contributed by atoms with E-state index in [-0.39, 0.29) is 5.56 Å². The van der Waals surface area contributed by atoms with Crippen LogP contribution >= 0.6 is 11.3 Å². The van der Waals surface area contributed by atoms with Gasteiger partial charge < -0.3 is 14.0 Å². The van der Waals surface area contributed by atoms with Gasteiger partial charge in [0.1, 0.15) is 5.82 Å². The second kappa shape index (κ2) is 7.70. The monoisotopic (exact) mass is 374 g/mol. The number of rotatable bonds is 5. The maximum absolute atomic E-state index is 13.4. The summed E-state index contributed by atoms with van der Waals surface area (Å²) in [6.45, 7) is 2.75. The highest BCUT2D eigenvalue weighted by atomic mass is 32.1. The summed E-state index contributed by atoms with van der Waals surface area (Å²) in [7, 11) is 3.16. The van der Waals surface area contributed by atoms with E-state index in [0.717, 1.165) is 16.6 Å². The molecule has 2 aromatic carbocycles. The Balaban J connectivity index is 2.18. The molecule has 1 amide bonds. The van der Waals surface area contributed by atoms with Crippen molar-refractivity contribution < 1.29 is 18.7 Å². The molecule has 0 radical (unpaired) electrons. The molecule has 0 bridgehead atoms. The maximum Gasteiger partial charge on any atom is 0.279 e. The molecule has 1 heterocycles. The summed E-state index contributed by atoms with van der Waals surface area (Å²) in [5.41, 5.74) is 1.14. The van der Waals surface area contributed by atoms with E-state index in [0.29, 0.717) is 22.8 Å². The number of aromatic nitrogens is 1. The highest BCUT2D eigenvalue weighted by Crippen LogP contribution is 2.33. The van der Waals surface area contributed by atoms with Crippen molar-refractivity contribution in [2.24, 2.45) is 4.99 Å². The van der Waals surface area contributed by atoms with E-state index in [2.05, 4.69) is 11.9 Å². The Morgan fingerprint density at radius 1 is 1.19 bits per heavy atom. The molecule has 0 spiro atoms. The molecule has 7 heteroatoms. The number of nitrogens with zero attached hydrogens (tertiary/aromatic N) is 2. The number of carbonyl (C=O) groups is 1. The van der Waals surface area contributed by atoms with Crippen LogP contribution in [0, 0.1) is 5.82 Å². The molecular weight excluding hydrogens is 355 g/mol. The number of halogens is 1. The molecule has 0 aliphatic carbocycles. The first-order valence-corrected chi connectivity index (χ1v) is 8.99. The van der Waals surface area contributed by atoms with Gasteiger partial charge in [-0.25, -0.2) is 4.39 Å². The van der Waals surface area contributed by atoms with Crippen molar-refractivity contribution in [2.75, 3.05) is 14.2 Å². The lowest BCUT2D eigenvalue weighted by molar-refractivity contribution is 0.0997. The lowest BCUT2D eigenvalue weighted by atomic mass is 10.2. The number of carbonyl (C=O) groups excluding carboxylic acids is 1. The minimum Gasteiger partial charge on any atom is -0.493 e. The topological polar surface area (TPSA) is 52.8 Å². The van der Waals surface area contributed by atoms with Crippen molar-refractivity contribution in [3.05, 3.63) is 52.6 Å². The van der Waals surface area contributed by atoms with Gasteiger partial charge in [0.2, 0.25) is 0 Å². The molecule has 3 aromatic rings. The van der Waals surface area contributed by atoms with Gasteiger partial charge in [0.25, 0.3) is 5.91 Å². The first kappa shape index (κ1) is 18.1. The van der Waals surface area contributed by atoms with Crippen LogP contribution in [-0.4, -0.2) is 24.7 Å². The van der Waals surface area contributed by atoms with Gasteiger partial charge in [-0.05, 0) is 24.6 Å². The predicted molar refractivity (Wildman–Crippen MR) is 99.5 cm³/mol. The van der Waals surface area contributed by atoms with Crippen molar-refractivity contribution in [3.63, 3.8) is 0 Å². The Bertz CT molecular complexity index is 1020. The third kappa shape index (κ3) is 3.48. The van der Waals surface area contributed by atoms with Crippen molar-refractivity contribution in [3.8, 4) is 11.5 Å². The van der Waals surface area contributed by atoms with Crippen molar-refractivity contribution in [2.45, 2.75) is 19.9 Å². The SMILES string of the molecule is CCCn1c(=NC(=O)c2cccc(F)c2)sc2cc(OC)c(OC)cc21. The van der Waals surface area contributed by atoms with Gasteiger partial charge in [-0.1, -0.05) is 24.3 Å². The van der Waals surface area contributed by atoms with Crippen LogP contribution in [0.2, 0.25) is 0 Å². The van der Waals surface area contributed by atoms with Crippen LogP contribution < -0.4 is 14.3 Å². The fourth-order valence-corrected chi connectivity index (χ4v) is 3.76. The van der Waals surface area contributed by atoms with Crippen LogP contribution in [0.5, 0.6) is 11.5 Å². The quantitative estimate of drug-likeness (QED) is 0.678. The summed E-state index contributed by atoms with van der Waals surface area (Å²) in [6.07, 6.45) is 0.877. The third-order valence-corrected chi connectivity index (χ3v) is 4.95. The first-order valence-electron chi connectivity index (χ1n) is 8.17. The number of aryl methyl sites for hydroxylation is 1. The average molecular weight is 374 g/mol. The highest BCUT2D eigenvalue weighted by molar-refractivity contribution is 7.16. The molecular formula is C19H19FN2O3S. The van der Waals surface area contributed by atoms with E-state index in [1.54, 1.807) is 20.3 Å². The molecule has 26 heavy (non-hydrogen) atoms. The summed E-state index contributed by atoms with van der Waals surface area (Å²) in [6, 6.07) is 9.29. The van der Waals surface area contributed by atoms with Gasteiger partial charge in [0, 0.05) is 24.2 Å². The maximum atomic E-state index is 13.4. The summed E-state index contributed by atoms with van der Waals surface area (Å²) in [5.74, 6) is 0.303. The molecule has 0 saturated carbocycles. The molecule has 3 rings (SSSR count). The van der Waals surface area contributed by atoms with Crippen molar-refractivity contribution in [1.82, 2.24) is 4.57 Å². The second-order valence-electron chi connectivity index (χ2n) is 5.64. The molecule has 0 saturated heterocycles. The van der Waals surface area contributed by atoms with E-state index in [9.17, 15) is 9.18 Å². The van der Waals surface area contributed by atoms with Gasteiger partial charge in [-0.3, -0.25) is 4.79 Å². The van der Waals surface area contributed by atoms with Gasteiger partial charge in [-0.2, -0.15) is 4.99 Å². The van der Waals surface area contributed by atoms with Crippen LogP contribution in [0.1, 0.15) is 23.7 Å². The van der Waals surface area contributed by atoms with Crippen LogP contribution in [0.15, 0.2) is 41.4 Å². The summed E-state index contributed by atoms with van der Waals surface area (Å²) in [4.78, 5) is 17.2. The molecule has 136 valence electrons. The molecule has 0 atom stereocenters. The fraction of sp³-hybridized carbons (Fsp3) is 0.263. The molecule has 0 N–H and O–H groups in total. The normalized spacial score (nSPS) is 11.8. The number of fused-ring (bicyclic) bond motifs is 1. The fourth-order valence-electron chi connectivity index (χ4n) is 2.69. The van der Waals surface area contributed by atoms with Gasteiger partial charge in [-0.15, -0.1) is 0 Å². The molecule has 0 fully saturated rings. The second-order valence-corrected chi connectivity index (χ2v) is 6.65. The zero-order valence-electron chi connectivity index (χ0n) is 14.8. The summed E-state index contributed by atoms with van der Waals surface area (Å²) >= 11 is 1.39. The van der Waals surface area contributed by atoms with Gasteiger partial charge >= 0.3 is 0 Å². The number of hydrogen-bond acceptors (Lipinski definition) is 4. The molecule has 0 unspecified atom stereocenters. The minimum absolute atomic E-state index is 0.223. The van der Waals surface area contributed by atoms with E-state index in [1.807, 2.05) is 16.7 Å². The zero-order valence-corrected chi connectivity index (χ0v) is 15.6. The van der Waals surface area contributed by atoms with E-state index >= 15 is 0 Å². The lowest BCUT2D eigenvalue weighted by Gasteiger charge is -2.08. The third-order valence-electron chi connectivity index (χ3n) is 3.90. The Labute approximate surface area is 154 Å². The largest absolute Gasteiger partial charge is 0.493 e. The Morgan fingerprint density at radius 3 is 2.58 bits per heavy atom. The van der Waals surface area contributed by atoms with Crippen LogP contribution in [0.4, 0.5) is 4.39 Å². The predicted octanol–water partition coefficient (Wildman–Crippen LogP) is 4.01. The van der Waals surface area contributed by atoms with Crippen molar-refractivity contribution >= 4 is 27.5 Å². The van der Waals surface area contributed by atoms with Gasteiger partial charge in [0.15, 0.2) is 16.3 Å². The minimum atomic E-state index is -0.472. The Hall–Kier alpha value is -2.67. The number of thiazole rings is 1. The number of methoxy groups -OCH3 is 2. The smallest absolute Gasteiger partial charge is 0.279 e. The van der Waals surface area contributed by atoms with E-state index in [4.69, 9.17) is 9.47 Å². The first-order chi connectivity index (χ1) is 12.6. The number of benzene rings is 2. The number of ether oxygens (including phenoxy) is 2. The Kier molecular flexibility index (Phi) is 5.37. The molecule has 1 aromatic heterocycles. The number of amides is 1. The van der Waals surface area contributed by atoms with Crippen LogP contribution in [-0.2, 0) is 6.54 Å². The van der Waals surface area contributed by atoms with Gasteiger partial charge in [0.05, 0.1) is 24.4 Å².